The van der Waals surface area contributed by atoms with Crippen LogP contribution in [0, 0.1) is 0 Å². The van der Waals surface area contributed by atoms with Crippen LogP contribution in [0.3, 0.4) is 0 Å². The van der Waals surface area contributed by atoms with Crippen LogP contribution in [0.15, 0.2) is 45.3 Å². The summed E-state index contributed by atoms with van der Waals surface area (Å²) >= 11 is 6.67. The molecule has 0 saturated heterocycles. The summed E-state index contributed by atoms with van der Waals surface area (Å²) in [6.45, 7) is 10.1. The lowest BCUT2D eigenvalue weighted by molar-refractivity contribution is -0.274. The zero-order chi connectivity index (χ0) is 25.9. The van der Waals surface area contributed by atoms with Gasteiger partial charge in [0.1, 0.15) is 24.1 Å². The number of alkyl halides is 3. The van der Waals surface area contributed by atoms with Gasteiger partial charge in [0.2, 0.25) is 0 Å². The molecule has 0 aromatic heterocycles. The molecule has 0 aliphatic heterocycles. The summed E-state index contributed by atoms with van der Waals surface area (Å²) < 4.78 is 47.5. The van der Waals surface area contributed by atoms with Gasteiger partial charge in [-0.1, -0.05) is 32.9 Å². The predicted octanol–water partition coefficient (Wildman–Crippen LogP) is 5.99. The van der Waals surface area contributed by atoms with E-state index in [1.807, 2.05) is 0 Å². The molecule has 11 heteroatoms. The molecule has 0 spiro atoms. The first-order valence-corrected chi connectivity index (χ1v) is 12.1. The van der Waals surface area contributed by atoms with E-state index in [2.05, 4.69) is 62.3 Å². The van der Waals surface area contributed by atoms with E-state index in [-0.39, 0.29) is 18.8 Å². The monoisotopic (exact) mass is 612 g/mol. The Morgan fingerprint density at radius 2 is 1.62 bits per heavy atom. The van der Waals surface area contributed by atoms with Gasteiger partial charge in [-0.3, -0.25) is 4.79 Å². The highest BCUT2D eigenvalue weighted by Crippen LogP contribution is 2.36. The van der Waals surface area contributed by atoms with E-state index in [0.717, 1.165) is 0 Å². The molecule has 1 unspecified atom stereocenters. The van der Waals surface area contributed by atoms with Crippen LogP contribution in [-0.2, 0) is 17.8 Å². The number of halogens is 5. The molecule has 0 saturated carbocycles. The fraction of sp³-hybridized carbons (Fsp3) is 0.435. The third-order valence-corrected chi connectivity index (χ3v) is 5.87. The normalized spacial score (nSPS) is 12.1. The Morgan fingerprint density at radius 1 is 1.06 bits per heavy atom. The number of aliphatic carboxylic acids is 1. The largest absolute Gasteiger partial charge is 0.573 e. The lowest BCUT2D eigenvalue weighted by Crippen LogP contribution is -2.32. The molecule has 0 aliphatic rings. The first kappa shape index (κ1) is 30.2. The van der Waals surface area contributed by atoms with Gasteiger partial charge in [-0.2, -0.15) is 0 Å². The zero-order valence-corrected chi connectivity index (χ0v) is 22.3. The summed E-state index contributed by atoms with van der Waals surface area (Å²) in [5, 5.41) is 8.89. The van der Waals surface area contributed by atoms with Crippen LogP contribution in [0.1, 0.15) is 31.9 Å². The first-order chi connectivity index (χ1) is 15.9. The van der Waals surface area contributed by atoms with Crippen LogP contribution in [0.25, 0.3) is 0 Å². The molecule has 2 aromatic carbocycles. The summed E-state index contributed by atoms with van der Waals surface area (Å²) in [4.78, 5) is 13.2. The Bertz CT molecular complexity index is 897. The van der Waals surface area contributed by atoms with E-state index in [4.69, 9.17) is 15.6 Å². The van der Waals surface area contributed by atoms with Crippen LogP contribution in [-0.4, -0.2) is 48.0 Å². The number of nitrogens with zero attached hydrogens (tertiary/aromatic N) is 1. The molecule has 0 aliphatic carbocycles. The van der Waals surface area contributed by atoms with Crippen molar-refractivity contribution in [2.24, 2.45) is 5.73 Å². The van der Waals surface area contributed by atoms with Crippen LogP contribution in [0.5, 0.6) is 11.5 Å². The van der Waals surface area contributed by atoms with Gasteiger partial charge < -0.3 is 25.2 Å². The molecule has 1 atom stereocenters. The van der Waals surface area contributed by atoms with E-state index < -0.39 is 18.4 Å². The number of carboxylic acids is 1. The van der Waals surface area contributed by atoms with E-state index in [9.17, 15) is 18.0 Å². The second kappa shape index (κ2) is 14.6. The highest BCUT2D eigenvalue weighted by molar-refractivity contribution is 9.11. The molecule has 0 fully saturated rings. The summed E-state index contributed by atoms with van der Waals surface area (Å²) in [5.41, 5.74) is 6.68. The van der Waals surface area contributed by atoms with Crippen molar-refractivity contribution >= 4 is 37.8 Å². The predicted molar refractivity (Wildman–Crippen MR) is 132 cm³/mol. The molecule has 0 bridgehead atoms. The average molecular weight is 614 g/mol. The van der Waals surface area contributed by atoms with Gasteiger partial charge in [-0.25, -0.2) is 0 Å². The van der Waals surface area contributed by atoms with E-state index in [1.54, 1.807) is 18.2 Å². The number of nitrogens with two attached hydrogens (primary N) is 1. The molecule has 3 N–H and O–H groups in total. The average Bonchev–Trinajstić information content (AvgIpc) is 2.74. The van der Waals surface area contributed by atoms with E-state index in [0.29, 0.717) is 25.8 Å². The SMILES string of the molecule is CCN(CC)CC.NC(Cc1cc(Br)c(OCc2cccc(OC(F)(F)F)c2)c(Br)c1)C(=O)O. The molecule has 190 valence electrons. The number of carbonyl (C=O) groups is 1. The van der Waals surface area contributed by atoms with Crippen molar-refractivity contribution in [2.45, 2.75) is 46.2 Å². The maximum Gasteiger partial charge on any atom is 0.573 e. The number of hydrogen-bond donors (Lipinski definition) is 2. The fourth-order valence-corrected chi connectivity index (χ4v) is 4.38. The van der Waals surface area contributed by atoms with Crippen molar-refractivity contribution in [1.82, 2.24) is 4.90 Å². The second-order valence-electron chi connectivity index (χ2n) is 7.14. The number of hydrogen-bond acceptors (Lipinski definition) is 5. The summed E-state index contributed by atoms with van der Waals surface area (Å²) in [5.74, 6) is -1.02. The molecule has 2 aromatic rings. The minimum atomic E-state index is -4.77. The first-order valence-electron chi connectivity index (χ1n) is 10.6. The van der Waals surface area contributed by atoms with Crippen molar-refractivity contribution in [3.63, 3.8) is 0 Å². The van der Waals surface area contributed by atoms with Gasteiger partial charge in [0.05, 0.1) is 8.95 Å². The zero-order valence-electron chi connectivity index (χ0n) is 19.2. The highest BCUT2D eigenvalue weighted by Gasteiger charge is 2.31. The second-order valence-corrected chi connectivity index (χ2v) is 8.85. The van der Waals surface area contributed by atoms with Crippen molar-refractivity contribution in [3.8, 4) is 11.5 Å². The lowest BCUT2D eigenvalue weighted by Gasteiger charge is -2.14. The molecule has 0 heterocycles. The fourth-order valence-electron chi connectivity index (χ4n) is 2.87. The van der Waals surface area contributed by atoms with Crippen LogP contribution in [0.4, 0.5) is 13.2 Å². The standard InChI is InChI=1S/C17H14Br2F3NO4.C6H15N/c18-12-5-10(7-14(23)16(24)25)6-13(19)15(12)26-8-9-2-1-3-11(4-9)27-17(20,21)22;1-4-7(5-2)6-3/h1-6,14H,7-8,23H2,(H,24,25);4-6H2,1-3H3. The maximum atomic E-state index is 12.3. The van der Waals surface area contributed by atoms with Crippen molar-refractivity contribution in [1.29, 1.82) is 0 Å². The van der Waals surface area contributed by atoms with Gasteiger partial charge >= 0.3 is 12.3 Å². The molecular weight excluding hydrogens is 585 g/mol. The Hall–Kier alpha value is -1.82. The third kappa shape index (κ3) is 11.1. The van der Waals surface area contributed by atoms with Crippen LogP contribution >= 0.6 is 31.9 Å². The molecule has 0 amide bonds. The number of ether oxygens (including phenoxy) is 2. The quantitative estimate of drug-likeness (QED) is 0.342. The molecule has 0 radical (unpaired) electrons. The number of carboxylic acid groups (broad SMARTS) is 1. The van der Waals surface area contributed by atoms with Gasteiger partial charge in [-0.05, 0) is 93.3 Å². The lowest BCUT2D eigenvalue weighted by atomic mass is 10.1. The van der Waals surface area contributed by atoms with Crippen molar-refractivity contribution in [3.05, 3.63) is 56.5 Å². The topological polar surface area (TPSA) is 85.0 Å². The molecule has 34 heavy (non-hydrogen) atoms. The minimum absolute atomic E-state index is 0.000242. The minimum Gasteiger partial charge on any atom is -0.487 e. The van der Waals surface area contributed by atoms with Crippen molar-refractivity contribution < 1.29 is 32.5 Å². The molecule has 6 nitrogen and oxygen atoms in total. The van der Waals surface area contributed by atoms with Crippen molar-refractivity contribution in [2.75, 3.05) is 19.6 Å². The Balaban J connectivity index is 0.000000718. The van der Waals surface area contributed by atoms with E-state index in [1.165, 1.54) is 37.8 Å². The van der Waals surface area contributed by atoms with Crippen LogP contribution in [0.2, 0.25) is 0 Å². The Labute approximate surface area is 214 Å². The van der Waals surface area contributed by atoms with Gasteiger partial charge in [0.15, 0.2) is 0 Å². The number of benzene rings is 2. The smallest absolute Gasteiger partial charge is 0.487 e. The maximum absolute atomic E-state index is 12.3. The highest BCUT2D eigenvalue weighted by atomic mass is 79.9. The summed E-state index contributed by atoms with van der Waals surface area (Å²) in [7, 11) is 0. The van der Waals surface area contributed by atoms with Gasteiger partial charge in [0, 0.05) is 0 Å². The molecular formula is C23H29Br2F3N2O4. The summed E-state index contributed by atoms with van der Waals surface area (Å²) in [6, 6.07) is 7.77. The third-order valence-electron chi connectivity index (χ3n) is 4.69. The van der Waals surface area contributed by atoms with E-state index >= 15 is 0 Å². The molecule has 2 rings (SSSR count). The summed E-state index contributed by atoms with van der Waals surface area (Å²) in [6.07, 6.45) is -4.64. The van der Waals surface area contributed by atoms with Crippen LogP contribution < -0.4 is 15.2 Å². The van der Waals surface area contributed by atoms with Gasteiger partial charge in [0.25, 0.3) is 0 Å². The number of rotatable bonds is 10. The van der Waals surface area contributed by atoms with Gasteiger partial charge in [-0.15, -0.1) is 13.2 Å². The Morgan fingerprint density at radius 3 is 2.06 bits per heavy atom. The Kier molecular flexibility index (Phi) is 12.9.